The monoisotopic (exact) mass is 217 g/mol. The lowest BCUT2D eigenvalue weighted by atomic mass is 10.2. The quantitative estimate of drug-likeness (QED) is 0.398. The van der Waals surface area contributed by atoms with Crippen molar-refractivity contribution in [2.75, 3.05) is 19.1 Å². The predicted octanol–water partition coefficient (Wildman–Crippen LogP) is 1.65. The predicted molar refractivity (Wildman–Crippen MR) is 42.9 cm³/mol. The van der Waals surface area contributed by atoms with Crippen LogP contribution in [0, 0.1) is 0 Å². The number of thioether (sulfide) groups is 1. The molecule has 7 heteroatoms. The maximum absolute atomic E-state index is 13.2. The molecule has 1 atom stereocenters. The van der Waals surface area contributed by atoms with Gasteiger partial charge in [0.1, 0.15) is 0 Å². The number of alkyl halides is 1. The first-order valence-corrected chi connectivity index (χ1v) is 4.76. The maximum atomic E-state index is 13.2. The third-order valence-corrected chi connectivity index (χ3v) is 2.02. The van der Waals surface area contributed by atoms with Crippen LogP contribution in [-0.4, -0.2) is 36.2 Å². The van der Waals surface area contributed by atoms with Crippen LogP contribution in [-0.2, 0) is 9.53 Å². The van der Waals surface area contributed by atoms with Crippen molar-refractivity contribution in [1.82, 2.24) is 5.34 Å². The molecule has 3 nitrogen and oxygen atoms in total. The van der Waals surface area contributed by atoms with Gasteiger partial charge in [-0.3, -0.25) is 0 Å². The first kappa shape index (κ1) is 12.6. The summed E-state index contributed by atoms with van der Waals surface area (Å²) in [5.74, 6) is -4.79. The van der Waals surface area contributed by atoms with E-state index in [4.69, 9.17) is 0 Å². The Bertz CT molecular complexity index is 181. The highest BCUT2D eigenvalue weighted by atomic mass is 32.2. The van der Waals surface area contributed by atoms with Gasteiger partial charge in [0, 0.05) is 6.42 Å². The van der Waals surface area contributed by atoms with Crippen molar-refractivity contribution < 1.29 is 22.9 Å². The summed E-state index contributed by atoms with van der Waals surface area (Å²) in [6.07, 6.45) is 1.02. The molecule has 0 aliphatic rings. The van der Waals surface area contributed by atoms with Gasteiger partial charge in [-0.2, -0.15) is 11.8 Å². The minimum atomic E-state index is -3.32. The zero-order valence-electron chi connectivity index (χ0n) is 7.22. The number of hydrogen-bond acceptors (Lipinski definition) is 4. The third kappa shape index (κ3) is 3.07. The van der Waals surface area contributed by atoms with Crippen molar-refractivity contribution >= 4 is 17.7 Å². The summed E-state index contributed by atoms with van der Waals surface area (Å²) in [4.78, 5) is 10.7. The second kappa shape index (κ2) is 5.33. The van der Waals surface area contributed by atoms with E-state index in [9.17, 15) is 18.1 Å². The fourth-order valence-corrected chi connectivity index (χ4v) is 1.12. The number of esters is 1. The van der Waals surface area contributed by atoms with Gasteiger partial charge in [-0.25, -0.2) is 9.18 Å². The van der Waals surface area contributed by atoms with E-state index >= 15 is 0 Å². The molecular formula is C6H10F3NO2S. The van der Waals surface area contributed by atoms with Crippen LogP contribution in [0.25, 0.3) is 0 Å². The number of rotatable bonds is 5. The normalized spacial score (nSPS) is 15.5. The first-order valence-electron chi connectivity index (χ1n) is 3.37. The molecule has 0 aromatic heterocycles. The van der Waals surface area contributed by atoms with Crippen molar-refractivity contribution in [3.8, 4) is 0 Å². The maximum Gasteiger partial charge on any atom is 0.364 e. The van der Waals surface area contributed by atoms with Gasteiger partial charge in [-0.05, 0) is 12.0 Å². The van der Waals surface area contributed by atoms with Crippen molar-refractivity contribution in [3.63, 3.8) is 0 Å². The highest BCUT2D eigenvalue weighted by Crippen LogP contribution is 2.26. The molecule has 0 aliphatic heterocycles. The second-order valence-corrected chi connectivity index (χ2v) is 3.21. The number of halogens is 3. The van der Waals surface area contributed by atoms with Crippen molar-refractivity contribution in [1.29, 1.82) is 0 Å². The van der Waals surface area contributed by atoms with Crippen LogP contribution in [0.2, 0.25) is 0 Å². The number of carbonyl (C=O) groups is 1. The van der Waals surface area contributed by atoms with E-state index in [0.29, 0.717) is 0 Å². The van der Waals surface area contributed by atoms with Crippen LogP contribution in [0.5, 0.6) is 0 Å². The summed E-state index contributed by atoms with van der Waals surface area (Å²) in [6.45, 7) is 0. The number of hydrogen-bond donors (Lipinski definition) is 0. The van der Waals surface area contributed by atoms with Crippen LogP contribution in [0.15, 0.2) is 0 Å². The molecule has 0 fully saturated rings. The van der Waals surface area contributed by atoms with Crippen LogP contribution in [0.1, 0.15) is 6.42 Å². The van der Waals surface area contributed by atoms with E-state index < -0.39 is 23.5 Å². The van der Waals surface area contributed by atoms with Crippen LogP contribution >= 0.6 is 11.8 Å². The van der Waals surface area contributed by atoms with Gasteiger partial charge in [0.15, 0.2) is 0 Å². The van der Waals surface area contributed by atoms with Gasteiger partial charge in [0.2, 0.25) is 0 Å². The van der Waals surface area contributed by atoms with Gasteiger partial charge < -0.3 is 4.74 Å². The molecule has 0 heterocycles. The summed E-state index contributed by atoms with van der Waals surface area (Å²) in [5, 5.41) is -1.75. The van der Waals surface area contributed by atoms with Crippen LogP contribution in [0.4, 0.5) is 13.4 Å². The Morgan fingerprint density at radius 1 is 1.62 bits per heavy atom. The van der Waals surface area contributed by atoms with Crippen molar-refractivity contribution in [3.05, 3.63) is 0 Å². The largest absolute Gasteiger partial charge is 0.465 e. The highest BCUT2D eigenvalue weighted by Gasteiger charge is 2.48. The minimum absolute atomic E-state index is 0.107. The van der Waals surface area contributed by atoms with Crippen LogP contribution in [0.3, 0.4) is 0 Å². The molecular weight excluding hydrogens is 207 g/mol. The van der Waals surface area contributed by atoms with E-state index in [1.54, 1.807) is 6.26 Å². The SMILES string of the molecule is COC(=O)C(F)(CCSC)N(F)F. The van der Waals surface area contributed by atoms with E-state index in [2.05, 4.69) is 4.74 Å². The molecule has 0 bridgehead atoms. The van der Waals surface area contributed by atoms with Gasteiger partial charge >= 0.3 is 11.8 Å². The average molecular weight is 217 g/mol. The molecule has 0 radical (unpaired) electrons. The Kier molecular flexibility index (Phi) is 5.16. The zero-order valence-corrected chi connectivity index (χ0v) is 8.04. The molecule has 0 spiro atoms. The van der Waals surface area contributed by atoms with Gasteiger partial charge in [-0.1, -0.05) is 8.96 Å². The van der Waals surface area contributed by atoms with E-state index in [1.165, 1.54) is 11.8 Å². The molecule has 0 aromatic carbocycles. The summed E-state index contributed by atoms with van der Waals surface area (Å²) >= 11 is 1.17. The molecule has 13 heavy (non-hydrogen) atoms. The van der Waals surface area contributed by atoms with Crippen molar-refractivity contribution in [2.24, 2.45) is 0 Å². The van der Waals surface area contributed by atoms with E-state index in [1.807, 2.05) is 0 Å². The molecule has 0 saturated heterocycles. The molecule has 0 aromatic rings. The number of ether oxygens (including phenoxy) is 1. The Morgan fingerprint density at radius 3 is 2.46 bits per heavy atom. The zero-order chi connectivity index (χ0) is 10.5. The number of carbonyl (C=O) groups excluding carboxylic acids is 1. The third-order valence-electron chi connectivity index (χ3n) is 1.40. The fraction of sp³-hybridized carbons (Fsp3) is 0.833. The van der Waals surface area contributed by atoms with Crippen LogP contribution < -0.4 is 0 Å². The van der Waals surface area contributed by atoms with E-state index in [0.717, 1.165) is 7.11 Å². The molecule has 0 N–H and O–H groups in total. The van der Waals surface area contributed by atoms with Gasteiger partial charge in [0.25, 0.3) is 0 Å². The Hall–Kier alpha value is -0.430. The lowest BCUT2D eigenvalue weighted by Gasteiger charge is -2.21. The van der Waals surface area contributed by atoms with Crippen molar-refractivity contribution in [2.45, 2.75) is 12.2 Å². The standard InChI is InChI=1S/C6H10F3NO2S/c1-12-5(11)6(7,10(8)9)3-4-13-2/h3-4H2,1-2H3. The Labute approximate surface area is 78.1 Å². The fourth-order valence-electron chi connectivity index (χ4n) is 0.649. The lowest BCUT2D eigenvalue weighted by Crippen LogP contribution is -2.44. The molecule has 1 unspecified atom stereocenters. The Morgan fingerprint density at radius 2 is 2.15 bits per heavy atom. The minimum Gasteiger partial charge on any atom is -0.465 e. The number of nitrogens with zero attached hydrogens (tertiary/aromatic N) is 1. The van der Waals surface area contributed by atoms with Gasteiger partial charge in [0.05, 0.1) is 12.5 Å². The summed E-state index contributed by atoms with van der Waals surface area (Å²) in [6, 6.07) is 0. The molecule has 0 aliphatic carbocycles. The van der Waals surface area contributed by atoms with E-state index in [-0.39, 0.29) is 5.75 Å². The first-order chi connectivity index (χ1) is 5.99. The molecule has 78 valence electrons. The second-order valence-electron chi connectivity index (χ2n) is 2.23. The lowest BCUT2D eigenvalue weighted by molar-refractivity contribution is -0.277. The smallest absolute Gasteiger partial charge is 0.364 e. The summed E-state index contributed by atoms with van der Waals surface area (Å²) < 4.78 is 41.1. The topological polar surface area (TPSA) is 29.5 Å². The summed E-state index contributed by atoms with van der Waals surface area (Å²) in [7, 11) is 0.860. The molecule has 0 saturated carbocycles. The summed E-state index contributed by atoms with van der Waals surface area (Å²) in [5.41, 5.74) is 0. The molecule has 0 amide bonds. The molecule has 0 rings (SSSR count). The Balaban J connectivity index is 4.43. The van der Waals surface area contributed by atoms with Gasteiger partial charge in [-0.15, -0.1) is 0 Å². The number of methoxy groups -OCH3 is 1. The average Bonchev–Trinajstić information content (AvgIpc) is 2.12. The highest BCUT2D eigenvalue weighted by molar-refractivity contribution is 7.98.